The second-order valence-corrected chi connectivity index (χ2v) is 8.66. The average molecular weight is 362 g/mol. The molecule has 2 aromatic carbocycles. The van der Waals surface area contributed by atoms with Gasteiger partial charge in [-0.05, 0) is 44.2 Å². The monoisotopic (exact) mass is 362 g/mol. The fourth-order valence-corrected chi connectivity index (χ4v) is 3.41. The molecule has 0 bridgehead atoms. The van der Waals surface area contributed by atoms with Crippen molar-refractivity contribution in [2.75, 3.05) is 6.26 Å². The summed E-state index contributed by atoms with van der Waals surface area (Å²) in [6.07, 6.45) is 1.68. The minimum Gasteiger partial charge on any atom is -0.487 e. The highest BCUT2D eigenvalue weighted by Crippen LogP contribution is 2.43. The Morgan fingerprint density at radius 2 is 1.96 bits per heavy atom. The maximum Gasteiger partial charge on any atom is 0.335 e. The molecule has 25 heavy (non-hydrogen) atoms. The van der Waals surface area contributed by atoms with Crippen LogP contribution in [0.15, 0.2) is 41.3 Å². The van der Waals surface area contributed by atoms with Gasteiger partial charge in [-0.3, -0.25) is 0 Å². The summed E-state index contributed by atoms with van der Waals surface area (Å²) in [5, 5.41) is 9.30. The van der Waals surface area contributed by atoms with Crippen molar-refractivity contribution in [1.82, 2.24) is 0 Å². The van der Waals surface area contributed by atoms with Gasteiger partial charge in [-0.1, -0.05) is 6.07 Å². The molecule has 1 heterocycles. The average Bonchev–Trinajstić information content (AvgIpc) is 2.81. The molecule has 1 N–H and O–H groups in total. The van der Waals surface area contributed by atoms with Crippen molar-refractivity contribution in [2.45, 2.75) is 30.8 Å². The Balaban J connectivity index is 2.05. The Labute approximate surface area is 145 Å². The van der Waals surface area contributed by atoms with E-state index in [4.69, 9.17) is 9.47 Å². The van der Waals surface area contributed by atoms with Crippen LogP contribution in [0.4, 0.5) is 0 Å². The second kappa shape index (κ2) is 5.77. The normalized spacial score (nSPS) is 15.3. The van der Waals surface area contributed by atoms with Crippen LogP contribution in [0, 0.1) is 0 Å². The van der Waals surface area contributed by atoms with E-state index in [0.29, 0.717) is 23.7 Å². The second-order valence-electron chi connectivity index (χ2n) is 6.64. The van der Waals surface area contributed by atoms with Crippen LogP contribution < -0.4 is 9.47 Å². The van der Waals surface area contributed by atoms with Crippen LogP contribution >= 0.6 is 0 Å². The van der Waals surface area contributed by atoms with E-state index in [-0.39, 0.29) is 10.5 Å². The zero-order valence-electron chi connectivity index (χ0n) is 14.1. The molecular weight excluding hydrogens is 344 g/mol. The van der Waals surface area contributed by atoms with Crippen LogP contribution in [0.2, 0.25) is 0 Å². The van der Waals surface area contributed by atoms with Gasteiger partial charge in [-0.2, -0.15) is 0 Å². The first-order chi connectivity index (χ1) is 11.5. The van der Waals surface area contributed by atoms with Gasteiger partial charge in [0, 0.05) is 18.2 Å². The number of carbonyl (C=O) groups is 1. The Bertz CT molecular complexity index is 960. The largest absolute Gasteiger partial charge is 0.487 e. The lowest BCUT2D eigenvalue weighted by Crippen LogP contribution is -2.24. The van der Waals surface area contributed by atoms with Crippen molar-refractivity contribution < 1.29 is 27.8 Å². The molecule has 0 radical (unpaired) electrons. The summed E-state index contributed by atoms with van der Waals surface area (Å²) in [5.74, 6) is 0.0495. The summed E-state index contributed by atoms with van der Waals surface area (Å²) in [7, 11) is -3.37. The summed E-state index contributed by atoms with van der Waals surface area (Å²) in [6, 6.07) is 9.00. The van der Waals surface area contributed by atoms with Gasteiger partial charge in [0.2, 0.25) is 0 Å². The third-order valence-electron chi connectivity index (χ3n) is 3.87. The molecule has 7 heteroatoms. The van der Waals surface area contributed by atoms with Crippen LogP contribution in [-0.2, 0) is 16.3 Å². The van der Waals surface area contributed by atoms with E-state index >= 15 is 0 Å². The van der Waals surface area contributed by atoms with Crippen molar-refractivity contribution in [3.63, 3.8) is 0 Å². The molecule has 0 unspecified atom stereocenters. The van der Waals surface area contributed by atoms with Gasteiger partial charge < -0.3 is 14.6 Å². The van der Waals surface area contributed by atoms with Gasteiger partial charge in [0.15, 0.2) is 9.84 Å². The number of rotatable bonds is 4. The summed E-state index contributed by atoms with van der Waals surface area (Å²) in [4.78, 5) is 11.5. The molecule has 6 nitrogen and oxygen atoms in total. The van der Waals surface area contributed by atoms with Gasteiger partial charge in [-0.25, -0.2) is 13.2 Å². The van der Waals surface area contributed by atoms with E-state index in [9.17, 15) is 18.3 Å². The SMILES string of the molecule is CC1(C)Cc2c(Oc3cccc(S(C)(=O)=O)c3)cc(C(=O)O)cc2O1. The van der Waals surface area contributed by atoms with E-state index in [1.165, 1.54) is 24.3 Å². The summed E-state index contributed by atoms with van der Waals surface area (Å²) in [6.45, 7) is 3.81. The van der Waals surface area contributed by atoms with E-state index in [0.717, 1.165) is 11.8 Å². The predicted molar refractivity (Wildman–Crippen MR) is 91.4 cm³/mol. The number of aromatic carboxylic acids is 1. The lowest BCUT2D eigenvalue weighted by atomic mass is 10.00. The minimum absolute atomic E-state index is 0.0470. The molecule has 0 saturated carbocycles. The van der Waals surface area contributed by atoms with Crippen LogP contribution in [0.5, 0.6) is 17.2 Å². The number of benzene rings is 2. The highest BCUT2D eigenvalue weighted by molar-refractivity contribution is 7.90. The van der Waals surface area contributed by atoms with Gasteiger partial charge in [0.1, 0.15) is 22.8 Å². The standard InChI is InChI=1S/C18H18O6S/c1-18(2)10-14-15(7-11(17(19)20)8-16(14)24-18)23-12-5-4-6-13(9-12)25(3,21)22/h4-9H,10H2,1-3H3,(H,19,20). The van der Waals surface area contributed by atoms with Crippen LogP contribution in [-0.4, -0.2) is 31.4 Å². The third-order valence-corrected chi connectivity index (χ3v) is 4.98. The fraction of sp³-hybridized carbons (Fsp3) is 0.278. The van der Waals surface area contributed by atoms with E-state index in [1.54, 1.807) is 12.1 Å². The van der Waals surface area contributed by atoms with Crippen molar-refractivity contribution in [2.24, 2.45) is 0 Å². The van der Waals surface area contributed by atoms with Crippen LogP contribution in [0.3, 0.4) is 0 Å². The number of ether oxygens (including phenoxy) is 2. The zero-order chi connectivity index (χ0) is 18.4. The van der Waals surface area contributed by atoms with Crippen LogP contribution in [0.25, 0.3) is 0 Å². The molecule has 132 valence electrons. The predicted octanol–water partition coefficient (Wildman–Crippen LogP) is 3.29. The number of hydrogen-bond donors (Lipinski definition) is 1. The number of sulfone groups is 1. The molecule has 0 spiro atoms. The van der Waals surface area contributed by atoms with Gasteiger partial charge >= 0.3 is 5.97 Å². The Kier molecular flexibility index (Phi) is 3.99. The molecule has 1 aliphatic heterocycles. The van der Waals surface area contributed by atoms with Crippen molar-refractivity contribution in [1.29, 1.82) is 0 Å². The lowest BCUT2D eigenvalue weighted by molar-refractivity contribution is 0.0695. The quantitative estimate of drug-likeness (QED) is 0.897. The first-order valence-corrected chi connectivity index (χ1v) is 9.51. The van der Waals surface area contributed by atoms with Crippen molar-refractivity contribution in [3.8, 4) is 17.2 Å². The maximum absolute atomic E-state index is 11.7. The molecule has 0 atom stereocenters. The van der Waals surface area contributed by atoms with Crippen LogP contribution in [0.1, 0.15) is 29.8 Å². The highest BCUT2D eigenvalue weighted by atomic mass is 32.2. The topological polar surface area (TPSA) is 89.9 Å². The first-order valence-electron chi connectivity index (χ1n) is 7.62. The molecule has 0 fully saturated rings. The molecule has 0 aromatic heterocycles. The molecule has 1 aliphatic rings. The summed E-state index contributed by atoms with van der Waals surface area (Å²) < 4.78 is 35.0. The maximum atomic E-state index is 11.7. The number of fused-ring (bicyclic) bond motifs is 1. The summed E-state index contributed by atoms with van der Waals surface area (Å²) >= 11 is 0. The Morgan fingerprint density at radius 1 is 1.24 bits per heavy atom. The molecule has 0 saturated heterocycles. The Hall–Kier alpha value is -2.54. The first kappa shape index (κ1) is 17.3. The van der Waals surface area contributed by atoms with Crippen molar-refractivity contribution >= 4 is 15.8 Å². The smallest absolute Gasteiger partial charge is 0.335 e. The van der Waals surface area contributed by atoms with E-state index in [1.807, 2.05) is 13.8 Å². The zero-order valence-corrected chi connectivity index (χ0v) is 14.9. The van der Waals surface area contributed by atoms with E-state index < -0.39 is 21.4 Å². The van der Waals surface area contributed by atoms with Crippen molar-refractivity contribution in [3.05, 3.63) is 47.5 Å². The molecular formula is C18H18O6S. The van der Waals surface area contributed by atoms with Gasteiger partial charge in [0.25, 0.3) is 0 Å². The highest BCUT2D eigenvalue weighted by Gasteiger charge is 2.34. The Morgan fingerprint density at radius 3 is 2.60 bits per heavy atom. The fourth-order valence-electron chi connectivity index (χ4n) is 2.75. The number of hydrogen-bond acceptors (Lipinski definition) is 5. The summed E-state index contributed by atoms with van der Waals surface area (Å²) in [5.41, 5.74) is 0.345. The van der Waals surface area contributed by atoms with Gasteiger partial charge in [-0.15, -0.1) is 0 Å². The van der Waals surface area contributed by atoms with E-state index in [2.05, 4.69) is 0 Å². The number of carboxylic acids is 1. The molecule has 2 aromatic rings. The third kappa shape index (κ3) is 3.61. The minimum atomic E-state index is -3.37. The van der Waals surface area contributed by atoms with Gasteiger partial charge in [0.05, 0.1) is 10.5 Å². The molecule has 0 amide bonds. The molecule has 0 aliphatic carbocycles. The lowest BCUT2D eigenvalue weighted by Gasteiger charge is -2.16. The number of carboxylic acid groups (broad SMARTS) is 1. The molecule has 3 rings (SSSR count).